The highest BCUT2D eigenvalue weighted by Crippen LogP contribution is 2.40. The number of allylic oxidation sites excluding steroid dienone is 2. The molecule has 184 valence electrons. The van der Waals surface area contributed by atoms with Gasteiger partial charge in [-0.1, -0.05) is 30.3 Å². The Morgan fingerprint density at radius 2 is 1.60 bits per heavy atom. The number of nitrogens with zero attached hydrogens (tertiary/aromatic N) is 1. The summed E-state index contributed by atoms with van der Waals surface area (Å²) in [4.78, 5) is 35.1. The van der Waals surface area contributed by atoms with Crippen LogP contribution in [0.15, 0.2) is 77.5 Å². The van der Waals surface area contributed by atoms with Gasteiger partial charge in [0.15, 0.2) is 0 Å². The fourth-order valence-corrected chi connectivity index (χ4v) is 3.40. The smallest absolute Gasteiger partial charge is 0.490 e. The van der Waals surface area contributed by atoms with Crippen LogP contribution in [0.3, 0.4) is 0 Å². The first-order valence-corrected chi connectivity index (χ1v) is 10.5. The molecule has 1 N–H and O–H groups in total. The van der Waals surface area contributed by atoms with E-state index >= 15 is 0 Å². The van der Waals surface area contributed by atoms with E-state index in [4.69, 9.17) is 18.9 Å². The summed E-state index contributed by atoms with van der Waals surface area (Å²) in [5.74, 6) is -0.249. The van der Waals surface area contributed by atoms with Gasteiger partial charge in [-0.05, 0) is 31.5 Å². The summed E-state index contributed by atoms with van der Waals surface area (Å²) in [6, 6.07) is 14.7. The molecule has 11 nitrogen and oxygen atoms in total. The molecule has 1 atom stereocenters. The van der Waals surface area contributed by atoms with Crippen molar-refractivity contribution < 1.29 is 38.2 Å². The molecule has 1 aliphatic heterocycles. The minimum atomic E-state index is -1.02. The number of benzene rings is 2. The molecular weight excluding hydrogens is 460 g/mol. The Kier molecular flexibility index (Phi) is 8.28. The van der Waals surface area contributed by atoms with Crippen LogP contribution >= 0.6 is 0 Å². The molecule has 1 aliphatic rings. The zero-order valence-electron chi connectivity index (χ0n) is 19.3. The number of rotatable bonds is 8. The molecule has 2 aromatic rings. The first-order chi connectivity index (χ1) is 16.8. The Balaban J connectivity index is 1.81. The van der Waals surface area contributed by atoms with E-state index in [0.29, 0.717) is 22.7 Å². The molecule has 0 saturated heterocycles. The lowest BCUT2D eigenvalue weighted by molar-refractivity contribution is -0.384. The molecule has 1 heterocycles. The van der Waals surface area contributed by atoms with Gasteiger partial charge in [0.2, 0.25) is 0 Å². The zero-order valence-corrected chi connectivity index (χ0v) is 19.3. The minimum absolute atomic E-state index is 0.0454. The molecule has 0 radical (unpaired) electrons. The quantitative estimate of drug-likeness (QED) is 0.242. The maximum atomic E-state index is 12.5. The highest BCUT2D eigenvalue weighted by atomic mass is 16.7. The third kappa shape index (κ3) is 6.50. The lowest BCUT2D eigenvalue weighted by Crippen LogP contribution is -2.29. The van der Waals surface area contributed by atoms with Crippen LogP contribution in [0.4, 0.5) is 15.3 Å². The number of nitro benzene ring substituents is 1. The number of hydrogen-bond acceptors (Lipinski definition) is 10. The van der Waals surface area contributed by atoms with Gasteiger partial charge in [-0.3, -0.25) is 10.1 Å². The summed E-state index contributed by atoms with van der Waals surface area (Å²) in [6.07, 6.45) is -2.03. The monoisotopic (exact) mass is 484 g/mol. The molecule has 0 amide bonds. The summed E-state index contributed by atoms with van der Waals surface area (Å²) in [5, 5.41) is 14.3. The summed E-state index contributed by atoms with van der Waals surface area (Å²) in [6.45, 7) is 3.29. The summed E-state index contributed by atoms with van der Waals surface area (Å²) < 4.78 is 26.0. The molecule has 0 bridgehead atoms. The van der Waals surface area contributed by atoms with Crippen molar-refractivity contribution in [3.8, 4) is 5.75 Å². The zero-order chi connectivity index (χ0) is 25.4. The van der Waals surface area contributed by atoms with Crippen molar-refractivity contribution >= 4 is 18.0 Å². The predicted octanol–water partition coefficient (Wildman–Crippen LogP) is 4.76. The summed E-state index contributed by atoms with van der Waals surface area (Å²) >= 11 is 0. The van der Waals surface area contributed by atoms with Crippen LogP contribution in [0, 0.1) is 10.1 Å². The maximum absolute atomic E-state index is 12.5. The highest BCUT2D eigenvalue weighted by Gasteiger charge is 2.36. The van der Waals surface area contributed by atoms with Gasteiger partial charge in [0, 0.05) is 12.1 Å². The first-order valence-electron chi connectivity index (χ1n) is 10.5. The number of non-ortho nitro benzene ring substituents is 1. The average molecular weight is 484 g/mol. The van der Waals surface area contributed by atoms with E-state index in [2.05, 4.69) is 10.1 Å². The van der Waals surface area contributed by atoms with Crippen LogP contribution in [-0.2, 0) is 18.9 Å². The van der Waals surface area contributed by atoms with E-state index in [1.807, 2.05) is 18.2 Å². The Morgan fingerprint density at radius 3 is 2.23 bits per heavy atom. The number of ether oxygens (including phenoxy) is 5. The van der Waals surface area contributed by atoms with Crippen molar-refractivity contribution in [2.75, 3.05) is 20.3 Å². The second-order valence-corrected chi connectivity index (χ2v) is 7.31. The minimum Gasteiger partial charge on any atom is -0.490 e. The van der Waals surface area contributed by atoms with Gasteiger partial charge in [-0.25, -0.2) is 9.59 Å². The van der Waals surface area contributed by atoms with Gasteiger partial charge in [0.1, 0.15) is 36.4 Å². The molecule has 0 aromatic heterocycles. The number of nitrogens with one attached hydrogen (secondary N) is 1. The van der Waals surface area contributed by atoms with Crippen molar-refractivity contribution in [1.29, 1.82) is 0 Å². The number of dihydropyridines is 1. The summed E-state index contributed by atoms with van der Waals surface area (Å²) in [5.41, 5.74) is 1.03. The number of nitro groups is 1. The number of methoxy groups -OCH3 is 1. The normalized spacial score (nSPS) is 15.1. The van der Waals surface area contributed by atoms with Crippen LogP contribution in [0.2, 0.25) is 0 Å². The van der Waals surface area contributed by atoms with E-state index in [-0.39, 0.29) is 30.4 Å². The second kappa shape index (κ2) is 11.5. The van der Waals surface area contributed by atoms with Crippen LogP contribution in [0.25, 0.3) is 0 Å². The Bertz CT molecular complexity index is 1160. The third-order valence-electron chi connectivity index (χ3n) is 4.92. The first kappa shape index (κ1) is 25.1. The van der Waals surface area contributed by atoms with Crippen LogP contribution in [0.5, 0.6) is 5.75 Å². The standard InChI is InChI=1S/C24H24N2O9/c1-15-21(34-23(27)31-3)20(17-8-7-9-18(14-17)26(29)30)22(16(2)25-15)35-24(28)33-13-12-32-19-10-5-4-6-11-19/h4-11,14,20,25H,12-13H2,1-3H3. The second-order valence-electron chi connectivity index (χ2n) is 7.31. The fourth-order valence-electron chi connectivity index (χ4n) is 3.40. The Labute approximate surface area is 201 Å². The number of carbonyl (C=O) groups excluding carboxylic acids is 2. The average Bonchev–Trinajstić information content (AvgIpc) is 2.85. The van der Waals surface area contributed by atoms with Crippen molar-refractivity contribution in [1.82, 2.24) is 5.32 Å². The van der Waals surface area contributed by atoms with E-state index in [0.717, 1.165) is 7.11 Å². The number of carbonyl (C=O) groups is 2. The number of hydrogen-bond donors (Lipinski definition) is 1. The molecule has 11 heteroatoms. The third-order valence-corrected chi connectivity index (χ3v) is 4.92. The molecule has 1 unspecified atom stereocenters. The van der Waals surface area contributed by atoms with Crippen LogP contribution in [0.1, 0.15) is 25.3 Å². The molecule has 0 saturated carbocycles. The van der Waals surface area contributed by atoms with Gasteiger partial charge in [0.25, 0.3) is 5.69 Å². The molecule has 0 aliphatic carbocycles. The topological polar surface area (TPSA) is 135 Å². The SMILES string of the molecule is COC(=O)OC1=C(C)NC(C)=C(OC(=O)OCCOc2ccccc2)C1c1cccc([N+](=O)[O-])c1. The lowest BCUT2D eigenvalue weighted by Gasteiger charge is -2.30. The van der Waals surface area contributed by atoms with Gasteiger partial charge in [-0.2, -0.15) is 0 Å². The Morgan fingerprint density at radius 1 is 0.943 bits per heavy atom. The van der Waals surface area contributed by atoms with Gasteiger partial charge >= 0.3 is 12.3 Å². The molecule has 3 rings (SSSR count). The van der Waals surface area contributed by atoms with E-state index in [1.165, 1.54) is 18.2 Å². The largest absolute Gasteiger partial charge is 0.513 e. The molecule has 35 heavy (non-hydrogen) atoms. The predicted molar refractivity (Wildman–Crippen MR) is 122 cm³/mol. The van der Waals surface area contributed by atoms with Crippen molar-refractivity contribution in [3.63, 3.8) is 0 Å². The van der Waals surface area contributed by atoms with Gasteiger partial charge in [-0.15, -0.1) is 0 Å². The highest BCUT2D eigenvalue weighted by molar-refractivity contribution is 5.65. The van der Waals surface area contributed by atoms with E-state index < -0.39 is 23.2 Å². The molecule has 0 fully saturated rings. The number of para-hydroxylation sites is 1. The van der Waals surface area contributed by atoms with Crippen molar-refractivity contribution in [2.24, 2.45) is 0 Å². The van der Waals surface area contributed by atoms with Crippen LogP contribution < -0.4 is 10.1 Å². The maximum Gasteiger partial charge on any atom is 0.513 e. The summed E-state index contributed by atoms with van der Waals surface area (Å²) in [7, 11) is 1.14. The molecule has 2 aromatic carbocycles. The lowest BCUT2D eigenvalue weighted by atomic mass is 9.90. The van der Waals surface area contributed by atoms with E-state index in [1.54, 1.807) is 32.0 Å². The molecule has 0 spiro atoms. The van der Waals surface area contributed by atoms with Gasteiger partial charge < -0.3 is 29.0 Å². The van der Waals surface area contributed by atoms with Gasteiger partial charge in [0.05, 0.1) is 23.4 Å². The Hall–Kier alpha value is -4.54. The fraction of sp³-hybridized carbons (Fsp3) is 0.250. The van der Waals surface area contributed by atoms with Crippen LogP contribution in [-0.4, -0.2) is 37.6 Å². The van der Waals surface area contributed by atoms with E-state index in [9.17, 15) is 19.7 Å². The molecular formula is C24H24N2O9. The van der Waals surface area contributed by atoms with Crippen molar-refractivity contribution in [2.45, 2.75) is 19.8 Å². The van der Waals surface area contributed by atoms with Crippen molar-refractivity contribution in [3.05, 3.63) is 93.2 Å².